The van der Waals surface area contributed by atoms with Crippen molar-refractivity contribution in [1.29, 1.82) is 0 Å². The maximum atomic E-state index is 11.3. The Kier molecular flexibility index (Phi) is 4.96. The van der Waals surface area contributed by atoms with Crippen molar-refractivity contribution >= 4 is 27.6 Å². The van der Waals surface area contributed by atoms with E-state index in [1.807, 2.05) is 24.3 Å². The number of anilines is 1. The highest BCUT2D eigenvalue weighted by atomic mass is 79.9. The Morgan fingerprint density at radius 1 is 1.59 bits per heavy atom. The van der Waals surface area contributed by atoms with Crippen molar-refractivity contribution in [3.8, 4) is 0 Å². The Morgan fingerprint density at radius 3 is 2.82 bits per heavy atom. The second-order valence-corrected chi connectivity index (χ2v) is 4.93. The zero-order valence-electron chi connectivity index (χ0n) is 9.87. The minimum atomic E-state index is -1.03. The molecular weight excluding hydrogens is 286 g/mol. The third kappa shape index (κ3) is 4.02. The van der Waals surface area contributed by atoms with Crippen molar-refractivity contribution in [3.63, 3.8) is 0 Å². The molecule has 1 atom stereocenters. The van der Waals surface area contributed by atoms with Crippen LogP contribution in [0.3, 0.4) is 0 Å². The normalized spacial score (nSPS) is 14.1. The van der Waals surface area contributed by atoms with E-state index >= 15 is 0 Å². The molecule has 0 saturated heterocycles. The fourth-order valence-corrected chi connectivity index (χ4v) is 1.81. The monoisotopic (exact) mass is 301 g/mol. The predicted octanol–water partition coefficient (Wildman–Crippen LogP) is 2.74. The van der Waals surface area contributed by atoms with E-state index in [0.717, 1.165) is 10.2 Å². The van der Waals surface area contributed by atoms with Crippen LogP contribution in [0.1, 0.15) is 13.3 Å². The molecule has 1 aromatic rings. The summed E-state index contributed by atoms with van der Waals surface area (Å²) in [5.41, 5.74) is -0.267. The molecule has 0 aliphatic carbocycles. The number of carbonyl (C=O) groups is 1. The molecular formula is C12H16BrNO3. The number of benzene rings is 1. The van der Waals surface area contributed by atoms with E-state index in [-0.39, 0.29) is 0 Å². The van der Waals surface area contributed by atoms with Crippen LogP contribution in [-0.4, -0.2) is 30.3 Å². The minimum Gasteiger partial charge on any atom is -0.480 e. The lowest BCUT2D eigenvalue weighted by Crippen LogP contribution is -2.44. The molecule has 94 valence electrons. The molecule has 4 nitrogen and oxygen atoms in total. The number of ether oxygens (including phenoxy) is 1. The average Bonchev–Trinajstić information content (AvgIpc) is 2.26. The van der Waals surface area contributed by atoms with Gasteiger partial charge in [-0.05, 0) is 25.1 Å². The van der Waals surface area contributed by atoms with Crippen LogP contribution in [-0.2, 0) is 9.53 Å². The Morgan fingerprint density at radius 2 is 2.29 bits per heavy atom. The van der Waals surface area contributed by atoms with E-state index in [1.54, 1.807) is 14.0 Å². The number of halogens is 1. The van der Waals surface area contributed by atoms with Gasteiger partial charge in [-0.2, -0.15) is 0 Å². The molecule has 0 heterocycles. The second-order valence-electron chi connectivity index (χ2n) is 4.02. The van der Waals surface area contributed by atoms with Crippen LogP contribution in [0.5, 0.6) is 0 Å². The lowest BCUT2D eigenvalue weighted by atomic mass is 9.98. The summed E-state index contributed by atoms with van der Waals surface area (Å²) in [5, 5.41) is 12.3. The third-order valence-corrected chi connectivity index (χ3v) is 3.02. The molecule has 0 fully saturated rings. The Bertz CT molecular complexity index is 397. The summed E-state index contributed by atoms with van der Waals surface area (Å²) in [4.78, 5) is 11.3. The van der Waals surface area contributed by atoms with Crippen molar-refractivity contribution in [3.05, 3.63) is 28.7 Å². The second kappa shape index (κ2) is 6.02. The smallest absolute Gasteiger partial charge is 0.329 e. The van der Waals surface area contributed by atoms with Crippen LogP contribution in [0, 0.1) is 0 Å². The van der Waals surface area contributed by atoms with E-state index in [2.05, 4.69) is 21.2 Å². The van der Waals surface area contributed by atoms with Crippen LogP contribution in [0.25, 0.3) is 0 Å². The molecule has 0 bridgehead atoms. The minimum absolute atomic E-state index is 0.393. The molecule has 0 saturated carbocycles. The van der Waals surface area contributed by atoms with Gasteiger partial charge in [-0.25, -0.2) is 4.79 Å². The van der Waals surface area contributed by atoms with Crippen LogP contribution in [0.4, 0.5) is 5.69 Å². The maximum absolute atomic E-state index is 11.3. The Labute approximate surface area is 109 Å². The SMILES string of the molecule is COCCC(C)(Nc1cccc(Br)c1)C(=O)O. The third-order valence-electron chi connectivity index (χ3n) is 2.52. The zero-order valence-corrected chi connectivity index (χ0v) is 11.5. The molecule has 1 aromatic carbocycles. The standard InChI is InChI=1S/C12H16BrNO3/c1-12(11(15)16,6-7-17-2)14-10-5-3-4-9(13)8-10/h3-5,8,14H,6-7H2,1-2H3,(H,15,16). The van der Waals surface area contributed by atoms with E-state index in [0.29, 0.717) is 13.0 Å². The van der Waals surface area contributed by atoms with Crippen LogP contribution in [0.2, 0.25) is 0 Å². The Balaban J connectivity index is 2.83. The number of aliphatic carboxylic acids is 1. The van der Waals surface area contributed by atoms with Crippen LogP contribution < -0.4 is 5.32 Å². The van der Waals surface area contributed by atoms with Gasteiger partial charge >= 0.3 is 5.97 Å². The summed E-state index contributed by atoms with van der Waals surface area (Å²) in [6, 6.07) is 7.41. The molecule has 0 radical (unpaired) electrons. The fourth-order valence-electron chi connectivity index (χ4n) is 1.41. The van der Waals surface area contributed by atoms with Gasteiger partial charge in [-0.15, -0.1) is 0 Å². The first-order valence-corrected chi connectivity index (χ1v) is 6.03. The highest BCUT2D eigenvalue weighted by Crippen LogP contribution is 2.22. The number of carboxylic acids is 1. The van der Waals surface area contributed by atoms with E-state index < -0.39 is 11.5 Å². The molecule has 0 amide bonds. The van der Waals surface area contributed by atoms with E-state index in [9.17, 15) is 9.90 Å². The molecule has 5 heteroatoms. The fraction of sp³-hybridized carbons (Fsp3) is 0.417. The summed E-state index contributed by atoms with van der Waals surface area (Å²) in [6.45, 7) is 2.04. The predicted molar refractivity (Wildman–Crippen MR) is 70.3 cm³/mol. The molecule has 1 rings (SSSR count). The molecule has 0 aliphatic heterocycles. The van der Waals surface area contributed by atoms with Gasteiger partial charge in [0.05, 0.1) is 0 Å². The number of carboxylic acid groups (broad SMARTS) is 1. The molecule has 17 heavy (non-hydrogen) atoms. The maximum Gasteiger partial charge on any atom is 0.329 e. The summed E-state index contributed by atoms with van der Waals surface area (Å²) in [7, 11) is 1.56. The first-order valence-electron chi connectivity index (χ1n) is 5.24. The molecule has 1 unspecified atom stereocenters. The summed E-state index contributed by atoms with van der Waals surface area (Å²) in [5.74, 6) is -0.894. The first-order chi connectivity index (χ1) is 7.98. The number of nitrogens with one attached hydrogen (secondary N) is 1. The van der Waals surface area contributed by atoms with Gasteiger partial charge in [0.2, 0.25) is 0 Å². The van der Waals surface area contributed by atoms with Gasteiger partial charge < -0.3 is 15.2 Å². The summed E-state index contributed by atoms with van der Waals surface area (Å²) < 4.78 is 5.84. The summed E-state index contributed by atoms with van der Waals surface area (Å²) in [6.07, 6.45) is 0.394. The van der Waals surface area contributed by atoms with Gasteiger partial charge in [-0.3, -0.25) is 0 Å². The highest BCUT2D eigenvalue weighted by Gasteiger charge is 2.32. The van der Waals surface area contributed by atoms with E-state index in [1.165, 1.54) is 0 Å². The van der Waals surface area contributed by atoms with Crippen molar-refractivity contribution < 1.29 is 14.6 Å². The lowest BCUT2D eigenvalue weighted by molar-refractivity contribution is -0.142. The molecule has 2 N–H and O–H groups in total. The number of hydrogen-bond donors (Lipinski definition) is 2. The van der Waals surface area contributed by atoms with Crippen LogP contribution in [0.15, 0.2) is 28.7 Å². The zero-order chi connectivity index (χ0) is 12.9. The number of hydrogen-bond acceptors (Lipinski definition) is 3. The molecule has 0 aromatic heterocycles. The van der Waals surface area contributed by atoms with Crippen LogP contribution >= 0.6 is 15.9 Å². The number of rotatable bonds is 6. The first kappa shape index (κ1) is 14.0. The molecule has 0 aliphatic rings. The lowest BCUT2D eigenvalue weighted by Gasteiger charge is -2.27. The Hall–Kier alpha value is -1.07. The van der Waals surface area contributed by atoms with E-state index in [4.69, 9.17) is 4.74 Å². The van der Waals surface area contributed by atoms with Gasteiger partial charge in [0.1, 0.15) is 5.54 Å². The van der Waals surface area contributed by atoms with Crippen molar-refractivity contribution in [1.82, 2.24) is 0 Å². The van der Waals surface area contributed by atoms with Crippen molar-refractivity contribution in [2.75, 3.05) is 19.0 Å². The largest absolute Gasteiger partial charge is 0.480 e. The quantitative estimate of drug-likeness (QED) is 0.848. The topological polar surface area (TPSA) is 58.6 Å². The van der Waals surface area contributed by atoms with Gasteiger partial charge in [-0.1, -0.05) is 22.0 Å². The average molecular weight is 302 g/mol. The number of methoxy groups -OCH3 is 1. The van der Waals surface area contributed by atoms with Gasteiger partial charge in [0, 0.05) is 30.3 Å². The van der Waals surface area contributed by atoms with Gasteiger partial charge in [0.25, 0.3) is 0 Å². The van der Waals surface area contributed by atoms with Crippen molar-refractivity contribution in [2.24, 2.45) is 0 Å². The van der Waals surface area contributed by atoms with Crippen molar-refractivity contribution in [2.45, 2.75) is 18.9 Å². The summed E-state index contributed by atoms with van der Waals surface area (Å²) >= 11 is 3.35. The van der Waals surface area contributed by atoms with Gasteiger partial charge in [0.15, 0.2) is 0 Å². The highest BCUT2D eigenvalue weighted by molar-refractivity contribution is 9.10. The molecule has 0 spiro atoms.